The quantitative estimate of drug-likeness (QED) is 0.631. The zero-order chi connectivity index (χ0) is 12.8. The van der Waals surface area contributed by atoms with Crippen LogP contribution in [0.3, 0.4) is 0 Å². The number of nitrogens with zero attached hydrogens (tertiary/aromatic N) is 1. The fourth-order valence-electron chi connectivity index (χ4n) is 1.42. The van der Waals surface area contributed by atoms with Crippen LogP contribution in [-0.2, 0) is 16.0 Å². The van der Waals surface area contributed by atoms with E-state index in [1.165, 1.54) is 0 Å². The SMILES string of the molecule is CCOC(=O)Cc1c(C#N)cc(Br)cc1C=O. The lowest BCUT2D eigenvalue weighted by atomic mass is 10.00. The molecule has 1 aromatic rings. The highest BCUT2D eigenvalue weighted by molar-refractivity contribution is 9.10. The van der Waals surface area contributed by atoms with Gasteiger partial charge in [0.05, 0.1) is 24.7 Å². The number of esters is 1. The topological polar surface area (TPSA) is 67.2 Å². The summed E-state index contributed by atoms with van der Waals surface area (Å²) in [7, 11) is 0. The van der Waals surface area contributed by atoms with Crippen molar-refractivity contribution < 1.29 is 14.3 Å². The van der Waals surface area contributed by atoms with E-state index >= 15 is 0 Å². The van der Waals surface area contributed by atoms with E-state index in [9.17, 15) is 9.59 Å². The van der Waals surface area contributed by atoms with Gasteiger partial charge in [0.25, 0.3) is 0 Å². The molecule has 0 atom stereocenters. The number of ether oxygens (including phenoxy) is 1. The number of carbonyl (C=O) groups is 2. The van der Waals surface area contributed by atoms with Gasteiger partial charge in [-0.1, -0.05) is 15.9 Å². The number of rotatable bonds is 4. The second-order valence-electron chi connectivity index (χ2n) is 3.23. The van der Waals surface area contributed by atoms with E-state index in [-0.39, 0.29) is 13.0 Å². The summed E-state index contributed by atoms with van der Waals surface area (Å²) >= 11 is 3.20. The number of hydrogen-bond acceptors (Lipinski definition) is 4. The first-order valence-corrected chi connectivity index (χ1v) is 5.75. The third kappa shape index (κ3) is 3.40. The largest absolute Gasteiger partial charge is 0.466 e. The molecule has 4 nitrogen and oxygen atoms in total. The van der Waals surface area contributed by atoms with Gasteiger partial charge in [0, 0.05) is 10.0 Å². The molecule has 0 spiro atoms. The van der Waals surface area contributed by atoms with Crippen LogP contribution in [0.2, 0.25) is 0 Å². The first-order valence-electron chi connectivity index (χ1n) is 4.95. The van der Waals surface area contributed by atoms with Crippen molar-refractivity contribution in [2.24, 2.45) is 0 Å². The number of hydrogen-bond donors (Lipinski definition) is 0. The maximum atomic E-state index is 11.4. The molecule has 0 N–H and O–H groups in total. The monoisotopic (exact) mass is 295 g/mol. The molecule has 0 aliphatic heterocycles. The number of nitriles is 1. The van der Waals surface area contributed by atoms with Crippen LogP contribution in [0.5, 0.6) is 0 Å². The fourth-order valence-corrected chi connectivity index (χ4v) is 1.89. The summed E-state index contributed by atoms with van der Waals surface area (Å²) in [5.74, 6) is -0.450. The van der Waals surface area contributed by atoms with Gasteiger partial charge in [0.1, 0.15) is 6.29 Å². The molecule has 17 heavy (non-hydrogen) atoms. The van der Waals surface area contributed by atoms with Crippen LogP contribution >= 0.6 is 15.9 Å². The minimum atomic E-state index is -0.450. The Morgan fingerprint density at radius 1 is 1.59 bits per heavy atom. The van der Waals surface area contributed by atoms with Crippen LogP contribution < -0.4 is 0 Å². The van der Waals surface area contributed by atoms with E-state index in [1.54, 1.807) is 19.1 Å². The van der Waals surface area contributed by atoms with Gasteiger partial charge in [0.2, 0.25) is 0 Å². The molecule has 88 valence electrons. The first-order chi connectivity index (χ1) is 8.12. The van der Waals surface area contributed by atoms with Crippen LogP contribution in [0.15, 0.2) is 16.6 Å². The normalized spacial score (nSPS) is 9.47. The van der Waals surface area contributed by atoms with Crippen molar-refractivity contribution in [1.82, 2.24) is 0 Å². The smallest absolute Gasteiger partial charge is 0.310 e. The van der Waals surface area contributed by atoms with Crippen molar-refractivity contribution in [3.8, 4) is 6.07 Å². The Morgan fingerprint density at radius 3 is 2.82 bits per heavy atom. The van der Waals surface area contributed by atoms with E-state index < -0.39 is 5.97 Å². The molecule has 5 heteroatoms. The predicted molar refractivity (Wildman–Crippen MR) is 64.6 cm³/mol. The molecule has 0 saturated carbocycles. The predicted octanol–water partition coefficient (Wildman–Crippen LogP) is 2.24. The molecule has 0 heterocycles. The first kappa shape index (κ1) is 13.4. The maximum absolute atomic E-state index is 11.4. The van der Waals surface area contributed by atoms with E-state index in [1.807, 2.05) is 6.07 Å². The number of aldehydes is 1. The zero-order valence-electron chi connectivity index (χ0n) is 9.20. The Bertz CT molecular complexity index is 491. The number of halogens is 1. The van der Waals surface area contributed by atoms with Gasteiger partial charge in [-0.05, 0) is 24.6 Å². The molecule has 0 unspecified atom stereocenters. The molecule has 0 amide bonds. The summed E-state index contributed by atoms with van der Waals surface area (Å²) < 4.78 is 5.43. The van der Waals surface area contributed by atoms with Crippen molar-refractivity contribution in [2.45, 2.75) is 13.3 Å². The number of carbonyl (C=O) groups excluding carboxylic acids is 2. The molecule has 0 saturated heterocycles. The minimum Gasteiger partial charge on any atom is -0.466 e. The summed E-state index contributed by atoms with van der Waals surface area (Å²) in [6.07, 6.45) is 0.554. The third-order valence-corrected chi connectivity index (χ3v) is 2.58. The van der Waals surface area contributed by atoms with Gasteiger partial charge in [-0.25, -0.2) is 0 Å². The van der Waals surface area contributed by atoms with Crippen molar-refractivity contribution >= 4 is 28.2 Å². The number of benzene rings is 1. The van der Waals surface area contributed by atoms with Crippen molar-refractivity contribution in [2.75, 3.05) is 6.61 Å². The van der Waals surface area contributed by atoms with Crippen molar-refractivity contribution in [1.29, 1.82) is 5.26 Å². The second kappa shape index (κ2) is 6.16. The van der Waals surface area contributed by atoms with Crippen molar-refractivity contribution in [3.63, 3.8) is 0 Å². The molecule has 0 fully saturated rings. The Morgan fingerprint density at radius 2 is 2.29 bits per heavy atom. The van der Waals surface area contributed by atoms with Crippen LogP contribution in [0.25, 0.3) is 0 Å². The van der Waals surface area contributed by atoms with Crippen LogP contribution in [-0.4, -0.2) is 18.9 Å². The summed E-state index contributed by atoms with van der Waals surface area (Å²) in [5.41, 5.74) is 1.03. The highest BCUT2D eigenvalue weighted by Gasteiger charge is 2.14. The average Bonchev–Trinajstić information content (AvgIpc) is 2.31. The van der Waals surface area contributed by atoms with Crippen molar-refractivity contribution in [3.05, 3.63) is 33.3 Å². The van der Waals surface area contributed by atoms with Gasteiger partial charge >= 0.3 is 5.97 Å². The Balaban J connectivity index is 3.16. The molecule has 0 bridgehead atoms. The Hall–Kier alpha value is -1.67. The lowest BCUT2D eigenvalue weighted by Crippen LogP contribution is -2.10. The lowest BCUT2D eigenvalue weighted by Gasteiger charge is -2.07. The summed E-state index contributed by atoms with van der Waals surface area (Å²) in [6.45, 7) is 1.97. The highest BCUT2D eigenvalue weighted by atomic mass is 79.9. The van der Waals surface area contributed by atoms with Crippen LogP contribution in [0.1, 0.15) is 28.4 Å². The summed E-state index contributed by atoms with van der Waals surface area (Å²) in [4.78, 5) is 22.3. The van der Waals surface area contributed by atoms with Crippen LogP contribution in [0, 0.1) is 11.3 Å². The van der Waals surface area contributed by atoms with Gasteiger partial charge in [-0.3, -0.25) is 9.59 Å². The average molecular weight is 296 g/mol. The standard InChI is InChI=1S/C12H10BrNO3/c1-2-17-12(16)5-11-8(6-14)3-10(13)4-9(11)7-15/h3-4,7H,2,5H2,1H3. The molecular formula is C12H10BrNO3. The summed E-state index contributed by atoms with van der Waals surface area (Å²) in [5, 5.41) is 8.97. The van der Waals surface area contributed by atoms with Gasteiger partial charge < -0.3 is 4.74 Å². The summed E-state index contributed by atoms with van der Waals surface area (Å²) in [6, 6.07) is 5.10. The van der Waals surface area contributed by atoms with E-state index in [0.29, 0.717) is 27.4 Å². The van der Waals surface area contributed by atoms with Crippen LogP contribution in [0.4, 0.5) is 0 Å². The molecule has 1 rings (SSSR count). The Labute approximate surface area is 107 Å². The second-order valence-corrected chi connectivity index (χ2v) is 4.15. The lowest BCUT2D eigenvalue weighted by molar-refractivity contribution is -0.142. The molecule has 1 aromatic carbocycles. The maximum Gasteiger partial charge on any atom is 0.310 e. The van der Waals surface area contributed by atoms with Gasteiger partial charge in [0.15, 0.2) is 0 Å². The fraction of sp³-hybridized carbons (Fsp3) is 0.250. The highest BCUT2D eigenvalue weighted by Crippen LogP contribution is 2.21. The molecule has 0 aliphatic carbocycles. The molecule has 0 aliphatic rings. The third-order valence-electron chi connectivity index (χ3n) is 2.12. The Kier molecular flexibility index (Phi) is 4.85. The van der Waals surface area contributed by atoms with E-state index in [4.69, 9.17) is 10.00 Å². The zero-order valence-corrected chi connectivity index (χ0v) is 10.8. The molecule has 0 aromatic heterocycles. The van der Waals surface area contributed by atoms with Gasteiger partial charge in [-0.2, -0.15) is 5.26 Å². The van der Waals surface area contributed by atoms with E-state index in [0.717, 1.165) is 0 Å². The minimum absolute atomic E-state index is 0.0713. The van der Waals surface area contributed by atoms with Gasteiger partial charge in [-0.15, -0.1) is 0 Å². The molecular weight excluding hydrogens is 286 g/mol. The molecule has 0 radical (unpaired) electrons. The van der Waals surface area contributed by atoms with E-state index in [2.05, 4.69) is 15.9 Å².